The first-order valence-corrected chi connectivity index (χ1v) is 8.97. The van der Waals surface area contributed by atoms with E-state index in [1.54, 1.807) is 0 Å². The summed E-state index contributed by atoms with van der Waals surface area (Å²) in [6, 6.07) is 8.12. The maximum atomic E-state index is 6.29. The van der Waals surface area contributed by atoms with Crippen molar-refractivity contribution >= 4 is 11.6 Å². The molecule has 2 aromatic rings. The van der Waals surface area contributed by atoms with E-state index >= 15 is 0 Å². The molecule has 24 heavy (non-hydrogen) atoms. The molecule has 2 N–H and O–H groups in total. The van der Waals surface area contributed by atoms with Crippen LogP contribution in [0.5, 0.6) is 5.75 Å². The van der Waals surface area contributed by atoms with Gasteiger partial charge in [0.25, 0.3) is 0 Å². The predicted molar refractivity (Wildman–Crippen MR) is 96.4 cm³/mol. The number of benzene rings is 1. The van der Waals surface area contributed by atoms with E-state index in [2.05, 4.69) is 22.0 Å². The molecule has 0 bridgehead atoms. The van der Waals surface area contributed by atoms with Crippen molar-refractivity contribution in [2.24, 2.45) is 5.73 Å². The zero-order valence-electron chi connectivity index (χ0n) is 13.7. The summed E-state index contributed by atoms with van der Waals surface area (Å²) in [5, 5.41) is 0.716. The van der Waals surface area contributed by atoms with Crippen LogP contribution in [0.4, 0.5) is 0 Å². The minimum atomic E-state index is 0.0339. The fraction of sp³-hybridized carbons (Fsp3) is 0.421. The van der Waals surface area contributed by atoms with Gasteiger partial charge in [-0.2, -0.15) is 0 Å². The van der Waals surface area contributed by atoms with Crippen LogP contribution in [0, 0.1) is 0 Å². The second-order valence-corrected chi connectivity index (χ2v) is 7.09. The molecule has 1 atom stereocenters. The van der Waals surface area contributed by atoms with E-state index in [9.17, 15) is 0 Å². The Bertz CT molecular complexity index is 726. The van der Waals surface area contributed by atoms with Crippen LogP contribution in [-0.2, 0) is 13.0 Å². The maximum Gasteiger partial charge on any atom is 0.132 e. The van der Waals surface area contributed by atoms with E-state index in [0.717, 1.165) is 35.5 Å². The third-order valence-corrected chi connectivity index (χ3v) is 5.05. The Kier molecular flexibility index (Phi) is 4.44. The number of rotatable bonds is 4. The average Bonchev–Trinajstić information content (AvgIpc) is 3.24. The van der Waals surface area contributed by atoms with Gasteiger partial charge < -0.3 is 10.5 Å². The monoisotopic (exact) mass is 343 g/mol. The van der Waals surface area contributed by atoms with Crippen LogP contribution in [-0.4, -0.2) is 35.6 Å². The molecule has 0 amide bonds. The van der Waals surface area contributed by atoms with Crippen molar-refractivity contribution in [2.75, 3.05) is 19.6 Å². The molecule has 0 spiro atoms. The number of nitrogens with two attached hydrogens (primary N) is 1. The summed E-state index contributed by atoms with van der Waals surface area (Å²) in [6.07, 6.45) is 5.43. The van der Waals surface area contributed by atoms with Crippen molar-refractivity contribution in [1.29, 1.82) is 0 Å². The van der Waals surface area contributed by atoms with E-state index in [1.165, 1.54) is 31.5 Å². The molecule has 5 heteroatoms. The van der Waals surface area contributed by atoms with Crippen molar-refractivity contribution in [2.45, 2.75) is 31.9 Å². The van der Waals surface area contributed by atoms with Gasteiger partial charge in [0.2, 0.25) is 0 Å². The first kappa shape index (κ1) is 15.9. The quantitative estimate of drug-likeness (QED) is 0.925. The molecule has 1 aromatic carbocycles. The molecule has 3 heterocycles. The van der Waals surface area contributed by atoms with Gasteiger partial charge in [-0.3, -0.25) is 9.88 Å². The molecule has 4 rings (SSSR count). The highest BCUT2D eigenvalue weighted by molar-refractivity contribution is 6.31. The number of hydrogen-bond donors (Lipinski definition) is 1. The van der Waals surface area contributed by atoms with Crippen LogP contribution in [0.25, 0.3) is 11.3 Å². The van der Waals surface area contributed by atoms with Gasteiger partial charge in [-0.15, -0.1) is 0 Å². The second kappa shape index (κ2) is 6.71. The zero-order chi connectivity index (χ0) is 16.5. The minimum Gasteiger partial charge on any atom is -0.488 e. The summed E-state index contributed by atoms with van der Waals surface area (Å²) in [6.45, 7) is 3.87. The van der Waals surface area contributed by atoms with Crippen molar-refractivity contribution < 1.29 is 4.74 Å². The van der Waals surface area contributed by atoms with Gasteiger partial charge in [-0.1, -0.05) is 17.7 Å². The van der Waals surface area contributed by atoms with Crippen molar-refractivity contribution in [3.05, 3.63) is 46.6 Å². The van der Waals surface area contributed by atoms with Crippen molar-refractivity contribution in [3.63, 3.8) is 0 Å². The Morgan fingerprint density at radius 3 is 2.79 bits per heavy atom. The molecule has 126 valence electrons. The summed E-state index contributed by atoms with van der Waals surface area (Å²) >= 11 is 6.29. The van der Waals surface area contributed by atoms with Gasteiger partial charge in [0.15, 0.2) is 0 Å². The Labute approximate surface area is 147 Å². The molecular weight excluding hydrogens is 322 g/mol. The minimum absolute atomic E-state index is 0.0339. The number of likely N-dealkylation sites (tertiary alicyclic amines) is 1. The largest absolute Gasteiger partial charge is 0.488 e. The second-order valence-electron chi connectivity index (χ2n) is 6.66. The number of hydrogen-bond acceptors (Lipinski definition) is 4. The number of fused-ring (bicyclic) bond motifs is 1. The smallest absolute Gasteiger partial charge is 0.132 e. The highest BCUT2D eigenvalue weighted by Crippen LogP contribution is 2.40. The van der Waals surface area contributed by atoms with E-state index in [1.807, 2.05) is 18.3 Å². The van der Waals surface area contributed by atoms with Gasteiger partial charge in [-0.25, -0.2) is 0 Å². The number of ether oxygens (including phenoxy) is 1. The molecule has 2 aliphatic heterocycles. The summed E-state index contributed by atoms with van der Waals surface area (Å²) in [7, 11) is 0. The lowest BCUT2D eigenvalue weighted by Crippen LogP contribution is -2.24. The number of pyridine rings is 1. The van der Waals surface area contributed by atoms with E-state index in [0.29, 0.717) is 11.6 Å². The van der Waals surface area contributed by atoms with Crippen LogP contribution in [0.15, 0.2) is 30.5 Å². The molecule has 1 aromatic heterocycles. The van der Waals surface area contributed by atoms with E-state index < -0.39 is 0 Å². The topological polar surface area (TPSA) is 51.4 Å². The molecule has 0 saturated carbocycles. The van der Waals surface area contributed by atoms with E-state index in [-0.39, 0.29) is 6.10 Å². The fourth-order valence-corrected chi connectivity index (χ4v) is 3.83. The first-order chi connectivity index (χ1) is 11.7. The average molecular weight is 344 g/mol. The Morgan fingerprint density at radius 2 is 2.08 bits per heavy atom. The van der Waals surface area contributed by atoms with Gasteiger partial charge >= 0.3 is 0 Å². The SMILES string of the molecule is NC[C@@H]1Cc2cc(Cl)cc(-c3ccc(CN4CCCC4)cn3)c2O1. The third-order valence-electron chi connectivity index (χ3n) is 4.83. The lowest BCUT2D eigenvalue weighted by atomic mass is 10.0. The van der Waals surface area contributed by atoms with Crippen molar-refractivity contribution in [3.8, 4) is 17.0 Å². The third kappa shape index (κ3) is 3.14. The van der Waals surface area contributed by atoms with Crippen LogP contribution in [0.1, 0.15) is 24.0 Å². The highest BCUT2D eigenvalue weighted by atomic mass is 35.5. The van der Waals surface area contributed by atoms with Crippen LogP contribution in [0.2, 0.25) is 5.02 Å². The molecule has 1 fully saturated rings. The molecule has 0 aliphatic carbocycles. The van der Waals surface area contributed by atoms with Gasteiger partial charge in [-0.05, 0) is 49.7 Å². The van der Waals surface area contributed by atoms with Crippen LogP contribution < -0.4 is 10.5 Å². The maximum absolute atomic E-state index is 6.29. The Balaban J connectivity index is 1.60. The van der Waals surface area contributed by atoms with Gasteiger partial charge in [0, 0.05) is 41.9 Å². The van der Waals surface area contributed by atoms with Crippen LogP contribution in [0.3, 0.4) is 0 Å². The molecule has 2 aliphatic rings. The predicted octanol–water partition coefficient (Wildman–Crippen LogP) is 3.26. The summed E-state index contributed by atoms with van der Waals surface area (Å²) in [5.41, 5.74) is 9.99. The lowest BCUT2D eigenvalue weighted by Gasteiger charge is -2.15. The highest BCUT2D eigenvalue weighted by Gasteiger charge is 2.26. The Hall–Kier alpha value is -1.62. The molecule has 4 nitrogen and oxygen atoms in total. The van der Waals surface area contributed by atoms with E-state index in [4.69, 9.17) is 22.1 Å². The summed E-state index contributed by atoms with van der Waals surface area (Å²) in [4.78, 5) is 7.14. The summed E-state index contributed by atoms with van der Waals surface area (Å²) < 4.78 is 6.00. The number of nitrogens with zero attached hydrogens (tertiary/aromatic N) is 2. The van der Waals surface area contributed by atoms with Gasteiger partial charge in [0.1, 0.15) is 11.9 Å². The molecule has 0 radical (unpaired) electrons. The molecule has 0 unspecified atom stereocenters. The van der Waals surface area contributed by atoms with Crippen LogP contribution >= 0.6 is 11.6 Å². The fourth-order valence-electron chi connectivity index (χ4n) is 3.59. The number of aromatic nitrogens is 1. The van der Waals surface area contributed by atoms with Crippen molar-refractivity contribution in [1.82, 2.24) is 9.88 Å². The first-order valence-electron chi connectivity index (χ1n) is 8.60. The molecule has 1 saturated heterocycles. The van der Waals surface area contributed by atoms with Gasteiger partial charge in [0.05, 0.1) is 5.69 Å². The number of halogens is 1. The zero-order valence-corrected chi connectivity index (χ0v) is 14.4. The lowest BCUT2D eigenvalue weighted by molar-refractivity contribution is 0.242. The summed E-state index contributed by atoms with van der Waals surface area (Å²) in [5.74, 6) is 0.884. The normalized spacial score (nSPS) is 20.2. The molecular formula is C19H22ClN3O. The standard InChI is InChI=1S/C19H22ClN3O/c20-15-7-14-8-16(10-21)24-19(14)17(9-15)18-4-3-13(11-22-18)12-23-5-1-2-6-23/h3-4,7,9,11,16H,1-2,5-6,8,10,12,21H2/t16-/m0/s1. The Morgan fingerprint density at radius 1 is 1.25 bits per heavy atom.